The first-order valence-corrected chi connectivity index (χ1v) is 7.22. The fourth-order valence-corrected chi connectivity index (χ4v) is 2.41. The molecule has 3 nitrogen and oxygen atoms in total. The first-order chi connectivity index (χ1) is 9.83. The van der Waals surface area contributed by atoms with E-state index in [-0.39, 0.29) is 0 Å². The summed E-state index contributed by atoms with van der Waals surface area (Å²) >= 11 is 0. The van der Waals surface area contributed by atoms with E-state index < -0.39 is 0 Å². The highest BCUT2D eigenvalue weighted by molar-refractivity contribution is 5.20. The molecule has 1 aromatic carbocycles. The van der Waals surface area contributed by atoms with Crippen LogP contribution in [0.5, 0.6) is 0 Å². The largest absolute Gasteiger partial charge is 0.325 e. The zero-order chi connectivity index (χ0) is 14.2. The first kappa shape index (κ1) is 14.7. The van der Waals surface area contributed by atoms with Gasteiger partial charge in [-0.1, -0.05) is 43.3 Å². The maximum atomic E-state index is 5.77. The molecule has 2 rings (SSSR count). The van der Waals surface area contributed by atoms with Crippen LogP contribution in [0, 0.1) is 0 Å². The molecule has 106 valence electrons. The second-order valence-corrected chi connectivity index (χ2v) is 5.01. The van der Waals surface area contributed by atoms with Gasteiger partial charge in [-0.3, -0.25) is 9.88 Å². The lowest BCUT2D eigenvalue weighted by Gasteiger charge is -2.22. The predicted molar refractivity (Wildman–Crippen MR) is 83.0 cm³/mol. The zero-order valence-corrected chi connectivity index (χ0v) is 12.1. The van der Waals surface area contributed by atoms with Gasteiger partial charge in [-0.25, -0.2) is 0 Å². The Morgan fingerprint density at radius 3 is 2.55 bits per heavy atom. The van der Waals surface area contributed by atoms with E-state index in [1.54, 1.807) is 0 Å². The highest BCUT2D eigenvalue weighted by Crippen LogP contribution is 2.12. The molecule has 3 heteroatoms. The Kier molecular flexibility index (Phi) is 5.71. The molecule has 0 saturated heterocycles. The smallest absolute Gasteiger partial charge is 0.0584 e. The van der Waals surface area contributed by atoms with Gasteiger partial charge in [0.05, 0.1) is 5.69 Å². The van der Waals surface area contributed by atoms with Gasteiger partial charge in [0.2, 0.25) is 0 Å². The average Bonchev–Trinajstić information content (AvgIpc) is 2.49. The highest BCUT2D eigenvalue weighted by atomic mass is 15.1. The van der Waals surface area contributed by atoms with Gasteiger partial charge in [-0.05, 0) is 30.2 Å². The van der Waals surface area contributed by atoms with Gasteiger partial charge in [-0.15, -0.1) is 0 Å². The van der Waals surface area contributed by atoms with Crippen LogP contribution in [0.25, 0.3) is 0 Å². The van der Waals surface area contributed by atoms with Crippen LogP contribution in [0.4, 0.5) is 0 Å². The van der Waals surface area contributed by atoms with Crippen LogP contribution in [0.3, 0.4) is 0 Å². The third-order valence-corrected chi connectivity index (χ3v) is 3.36. The van der Waals surface area contributed by atoms with Crippen molar-refractivity contribution in [2.24, 2.45) is 5.73 Å². The molecule has 20 heavy (non-hydrogen) atoms. The Balaban J connectivity index is 2.09. The minimum Gasteiger partial charge on any atom is -0.325 e. The molecular weight excluding hydrogens is 246 g/mol. The molecule has 1 aromatic heterocycles. The summed E-state index contributed by atoms with van der Waals surface area (Å²) in [6.07, 6.45) is 2.96. The molecule has 0 unspecified atom stereocenters. The van der Waals surface area contributed by atoms with E-state index in [0.717, 1.165) is 31.7 Å². The lowest BCUT2D eigenvalue weighted by Crippen LogP contribution is -2.24. The van der Waals surface area contributed by atoms with Crippen LogP contribution in [0.15, 0.2) is 48.7 Å². The number of rotatable bonds is 7. The maximum absolute atomic E-state index is 5.77. The van der Waals surface area contributed by atoms with Gasteiger partial charge < -0.3 is 5.73 Å². The molecule has 0 atom stereocenters. The molecule has 0 aliphatic heterocycles. The van der Waals surface area contributed by atoms with Crippen LogP contribution in [0.1, 0.15) is 30.2 Å². The lowest BCUT2D eigenvalue weighted by molar-refractivity contribution is 0.256. The molecule has 2 N–H and O–H groups in total. The fraction of sp³-hybridized carbons (Fsp3) is 0.353. The second-order valence-electron chi connectivity index (χ2n) is 5.01. The molecule has 0 aliphatic rings. The van der Waals surface area contributed by atoms with E-state index in [1.807, 2.05) is 12.3 Å². The highest BCUT2D eigenvalue weighted by Gasteiger charge is 2.09. The number of aromatic nitrogens is 1. The third-order valence-electron chi connectivity index (χ3n) is 3.36. The van der Waals surface area contributed by atoms with Gasteiger partial charge in [0, 0.05) is 25.8 Å². The predicted octanol–water partition coefficient (Wildman–Crippen LogP) is 2.95. The number of pyridine rings is 1. The minimum atomic E-state index is 0.501. The van der Waals surface area contributed by atoms with E-state index in [9.17, 15) is 0 Å². The number of nitrogens with two attached hydrogens (primary N) is 1. The van der Waals surface area contributed by atoms with Crippen LogP contribution < -0.4 is 5.73 Å². The normalized spacial score (nSPS) is 10.9. The summed E-state index contributed by atoms with van der Waals surface area (Å²) in [4.78, 5) is 6.82. The van der Waals surface area contributed by atoms with Crippen LogP contribution in [-0.2, 0) is 19.6 Å². The first-order valence-electron chi connectivity index (χ1n) is 7.22. The molecule has 0 saturated carbocycles. The topological polar surface area (TPSA) is 42.2 Å². The molecule has 0 amide bonds. The quantitative estimate of drug-likeness (QED) is 0.840. The molecule has 0 radical (unpaired) electrons. The van der Waals surface area contributed by atoms with Gasteiger partial charge in [0.25, 0.3) is 0 Å². The van der Waals surface area contributed by atoms with Crippen LogP contribution in [0.2, 0.25) is 0 Å². The van der Waals surface area contributed by atoms with Crippen molar-refractivity contribution in [3.63, 3.8) is 0 Å². The number of benzene rings is 1. The maximum Gasteiger partial charge on any atom is 0.0584 e. The Bertz CT molecular complexity index is 511. The molecule has 0 bridgehead atoms. The molecule has 2 aromatic rings. The molecule has 1 heterocycles. The van der Waals surface area contributed by atoms with E-state index in [2.05, 4.69) is 53.2 Å². The van der Waals surface area contributed by atoms with Crippen molar-refractivity contribution in [3.05, 3.63) is 65.5 Å². The van der Waals surface area contributed by atoms with Gasteiger partial charge >= 0.3 is 0 Å². The van der Waals surface area contributed by atoms with Gasteiger partial charge in [-0.2, -0.15) is 0 Å². The van der Waals surface area contributed by atoms with Crippen molar-refractivity contribution in [1.82, 2.24) is 9.88 Å². The number of hydrogen-bond acceptors (Lipinski definition) is 3. The summed E-state index contributed by atoms with van der Waals surface area (Å²) in [5, 5.41) is 0. The number of nitrogens with zero attached hydrogens (tertiary/aromatic N) is 2. The molecular formula is C17H23N3. The van der Waals surface area contributed by atoms with E-state index in [1.165, 1.54) is 11.1 Å². The number of hydrogen-bond donors (Lipinski definition) is 1. The minimum absolute atomic E-state index is 0.501. The zero-order valence-electron chi connectivity index (χ0n) is 12.1. The Morgan fingerprint density at radius 1 is 1.05 bits per heavy atom. The van der Waals surface area contributed by atoms with Crippen molar-refractivity contribution in [3.8, 4) is 0 Å². The second kappa shape index (κ2) is 7.78. The summed E-state index contributed by atoms with van der Waals surface area (Å²) in [5.41, 5.74) is 9.36. The van der Waals surface area contributed by atoms with Crippen LogP contribution in [-0.4, -0.2) is 16.4 Å². The van der Waals surface area contributed by atoms with Gasteiger partial charge in [0.1, 0.15) is 0 Å². The van der Waals surface area contributed by atoms with Crippen molar-refractivity contribution in [1.29, 1.82) is 0 Å². The Hall–Kier alpha value is -1.71. The summed E-state index contributed by atoms with van der Waals surface area (Å²) in [5.74, 6) is 0. The van der Waals surface area contributed by atoms with Gasteiger partial charge in [0.15, 0.2) is 0 Å². The summed E-state index contributed by atoms with van der Waals surface area (Å²) in [6.45, 7) is 5.66. The monoisotopic (exact) mass is 269 g/mol. The van der Waals surface area contributed by atoms with Crippen molar-refractivity contribution in [2.75, 3.05) is 6.54 Å². The van der Waals surface area contributed by atoms with E-state index >= 15 is 0 Å². The molecule has 0 aliphatic carbocycles. The van der Waals surface area contributed by atoms with E-state index in [0.29, 0.717) is 6.54 Å². The van der Waals surface area contributed by atoms with Crippen molar-refractivity contribution >= 4 is 0 Å². The SMILES string of the molecule is CCCN(Cc1ccccc1)Cc1cccnc1CN. The fourth-order valence-electron chi connectivity index (χ4n) is 2.41. The standard InChI is InChI=1S/C17H23N3/c1-2-11-20(13-15-7-4-3-5-8-15)14-16-9-6-10-19-17(16)12-18/h3-10H,2,11-14,18H2,1H3. The lowest BCUT2D eigenvalue weighted by atomic mass is 10.1. The van der Waals surface area contributed by atoms with Crippen molar-refractivity contribution in [2.45, 2.75) is 33.0 Å². The molecule has 0 spiro atoms. The van der Waals surface area contributed by atoms with Crippen LogP contribution >= 0.6 is 0 Å². The average molecular weight is 269 g/mol. The van der Waals surface area contributed by atoms with E-state index in [4.69, 9.17) is 5.73 Å². The summed E-state index contributed by atoms with van der Waals surface area (Å²) in [7, 11) is 0. The molecule has 0 fully saturated rings. The summed E-state index contributed by atoms with van der Waals surface area (Å²) < 4.78 is 0. The third kappa shape index (κ3) is 4.15. The Morgan fingerprint density at radius 2 is 1.85 bits per heavy atom. The Labute approximate surface area is 121 Å². The summed E-state index contributed by atoms with van der Waals surface area (Å²) in [6, 6.07) is 14.7. The van der Waals surface area contributed by atoms with Crippen molar-refractivity contribution < 1.29 is 0 Å².